The lowest BCUT2D eigenvalue weighted by Crippen LogP contribution is -2.46. The molecule has 0 aromatic rings. The van der Waals surface area contributed by atoms with Crippen LogP contribution in [0, 0.1) is 0 Å². The highest BCUT2D eigenvalue weighted by Gasteiger charge is 2.24. The first kappa shape index (κ1) is 63.7. The lowest BCUT2D eigenvalue weighted by molar-refractivity contribution is -0.870. The molecule has 1 amide bonds. The van der Waals surface area contributed by atoms with Crippen LogP contribution in [-0.2, 0) is 18.4 Å². The molecule has 9 heteroatoms. The molecular weight excluding hydrogens is 828 g/mol. The Labute approximate surface area is 404 Å². The molecule has 0 spiro atoms. The topological polar surface area (TPSA) is 108 Å². The van der Waals surface area contributed by atoms with Crippen molar-refractivity contribution in [2.75, 3.05) is 40.9 Å². The first-order valence-corrected chi connectivity index (χ1v) is 29.3. The molecule has 0 heterocycles. The van der Waals surface area contributed by atoms with E-state index in [4.69, 9.17) is 9.05 Å². The molecule has 0 bridgehead atoms. The van der Waals surface area contributed by atoms with E-state index in [1.807, 2.05) is 21.1 Å². The van der Waals surface area contributed by atoms with Crippen LogP contribution in [0.4, 0.5) is 0 Å². The summed E-state index contributed by atoms with van der Waals surface area (Å²) >= 11 is 0. The van der Waals surface area contributed by atoms with E-state index in [9.17, 15) is 19.4 Å². The second kappa shape index (κ2) is 47.8. The fraction of sp³-hybridized carbons (Fsp3) is 0.875. The molecule has 0 aromatic carbocycles. The van der Waals surface area contributed by atoms with Gasteiger partial charge in [-0.15, -0.1) is 0 Å². The number of aliphatic hydroxyl groups is 1. The number of quaternary nitrogens is 1. The molecule has 0 radical (unpaired) electrons. The summed E-state index contributed by atoms with van der Waals surface area (Å²) in [6.07, 6.45) is 60.2. The maximum absolute atomic E-state index is 13.0. The zero-order valence-electron chi connectivity index (χ0n) is 43.7. The van der Waals surface area contributed by atoms with Gasteiger partial charge in [-0.05, 0) is 51.4 Å². The Morgan fingerprint density at radius 3 is 1.32 bits per heavy atom. The summed E-state index contributed by atoms with van der Waals surface area (Å²) in [6.45, 7) is 4.71. The smallest absolute Gasteiger partial charge is 0.268 e. The van der Waals surface area contributed by atoms with Crippen molar-refractivity contribution in [2.24, 2.45) is 0 Å². The Morgan fingerprint density at radius 1 is 0.538 bits per heavy atom. The molecule has 0 saturated carbocycles. The molecule has 0 aliphatic heterocycles. The Balaban J connectivity index is 4.21. The van der Waals surface area contributed by atoms with Gasteiger partial charge in [0.25, 0.3) is 7.82 Å². The van der Waals surface area contributed by atoms with Crippen LogP contribution in [0.25, 0.3) is 0 Å². The van der Waals surface area contributed by atoms with Gasteiger partial charge in [-0.3, -0.25) is 9.36 Å². The molecule has 3 unspecified atom stereocenters. The number of amides is 1. The van der Waals surface area contributed by atoms with Gasteiger partial charge in [0.2, 0.25) is 5.91 Å². The van der Waals surface area contributed by atoms with Crippen molar-refractivity contribution < 1.29 is 32.9 Å². The summed E-state index contributed by atoms with van der Waals surface area (Å²) in [6, 6.07) is -0.808. The first-order valence-electron chi connectivity index (χ1n) is 27.8. The number of hydrogen-bond acceptors (Lipinski definition) is 6. The molecule has 0 saturated heterocycles. The minimum Gasteiger partial charge on any atom is -0.756 e. The monoisotopic (exact) mass is 937 g/mol. The molecule has 0 fully saturated rings. The molecule has 0 aromatic heterocycles. The number of carbonyl (C=O) groups excluding carboxylic acids is 1. The van der Waals surface area contributed by atoms with Gasteiger partial charge < -0.3 is 28.8 Å². The van der Waals surface area contributed by atoms with E-state index in [0.717, 1.165) is 64.2 Å². The lowest BCUT2D eigenvalue weighted by atomic mass is 10.0. The predicted octanol–water partition coefficient (Wildman–Crippen LogP) is 16.0. The largest absolute Gasteiger partial charge is 0.756 e. The summed E-state index contributed by atoms with van der Waals surface area (Å²) in [5.74, 6) is -0.175. The molecule has 8 nitrogen and oxygen atoms in total. The maximum atomic E-state index is 13.0. The van der Waals surface area contributed by atoms with Gasteiger partial charge in [0.1, 0.15) is 13.2 Å². The molecule has 0 aliphatic carbocycles. The van der Waals surface area contributed by atoms with Crippen molar-refractivity contribution in [1.29, 1.82) is 0 Å². The third-order valence-electron chi connectivity index (χ3n) is 12.6. The van der Waals surface area contributed by atoms with Crippen LogP contribution in [0.5, 0.6) is 0 Å². The van der Waals surface area contributed by atoms with Crippen molar-refractivity contribution in [1.82, 2.24) is 5.32 Å². The molecule has 3 atom stereocenters. The molecular formula is C56H109N2O6P. The number of carbonyl (C=O) groups is 1. The third-order valence-corrected chi connectivity index (χ3v) is 13.6. The maximum Gasteiger partial charge on any atom is 0.268 e. The number of likely N-dealkylation sites (N-methyl/N-ethyl adjacent to an activating group) is 1. The number of phosphoric ester groups is 1. The highest BCUT2D eigenvalue weighted by Crippen LogP contribution is 2.38. The van der Waals surface area contributed by atoms with E-state index in [-0.39, 0.29) is 19.1 Å². The van der Waals surface area contributed by atoms with E-state index in [2.05, 4.69) is 55.6 Å². The summed E-state index contributed by atoms with van der Waals surface area (Å²) < 4.78 is 23.4. The van der Waals surface area contributed by atoms with Gasteiger partial charge in [0.05, 0.1) is 39.9 Å². The number of phosphoric acid groups is 1. The van der Waals surface area contributed by atoms with Crippen LogP contribution in [0.1, 0.15) is 264 Å². The van der Waals surface area contributed by atoms with Crippen molar-refractivity contribution in [3.05, 3.63) is 36.5 Å². The summed E-state index contributed by atoms with van der Waals surface area (Å²) in [5.41, 5.74) is 0. The van der Waals surface area contributed by atoms with Gasteiger partial charge in [-0.25, -0.2) is 0 Å². The highest BCUT2D eigenvalue weighted by molar-refractivity contribution is 7.45. The van der Waals surface area contributed by atoms with E-state index in [0.29, 0.717) is 23.9 Å². The van der Waals surface area contributed by atoms with Crippen LogP contribution in [0.15, 0.2) is 36.5 Å². The quantitative estimate of drug-likeness (QED) is 0.0272. The average molecular weight is 937 g/mol. The number of unbranched alkanes of at least 4 members (excludes halogenated alkanes) is 32. The van der Waals surface area contributed by atoms with E-state index < -0.39 is 20.0 Å². The van der Waals surface area contributed by atoms with Crippen LogP contribution < -0.4 is 10.2 Å². The number of nitrogens with one attached hydrogen (secondary N) is 1. The van der Waals surface area contributed by atoms with E-state index in [1.165, 1.54) is 173 Å². The van der Waals surface area contributed by atoms with Gasteiger partial charge in [0, 0.05) is 6.42 Å². The normalized spacial score (nSPS) is 14.3. The molecule has 2 N–H and O–H groups in total. The Morgan fingerprint density at radius 2 is 0.892 bits per heavy atom. The van der Waals surface area contributed by atoms with Crippen LogP contribution >= 0.6 is 7.82 Å². The number of nitrogens with zero attached hydrogens (tertiary/aromatic N) is 1. The van der Waals surface area contributed by atoms with E-state index >= 15 is 0 Å². The van der Waals surface area contributed by atoms with E-state index in [1.54, 1.807) is 0 Å². The minimum atomic E-state index is -4.58. The van der Waals surface area contributed by atoms with Crippen molar-refractivity contribution in [3.63, 3.8) is 0 Å². The van der Waals surface area contributed by atoms with Gasteiger partial charge >= 0.3 is 0 Å². The fourth-order valence-electron chi connectivity index (χ4n) is 8.22. The van der Waals surface area contributed by atoms with Gasteiger partial charge in [-0.2, -0.15) is 0 Å². The fourth-order valence-corrected chi connectivity index (χ4v) is 8.95. The third kappa shape index (κ3) is 50.4. The zero-order chi connectivity index (χ0) is 47.8. The minimum absolute atomic E-state index is 0.00919. The van der Waals surface area contributed by atoms with Crippen molar-refractivity contribution in [3.8, 4) is 0 Å². The van der Waals surface area contributed by atoms with Gasteiger partial charge in [0.15, 0.2) is 0 Å². The SMILES string of the molecule is CCCCC/C=C\C/C=C\C/C=C\CCCCCCCCC(=O)NC(COP(=O)([O-])OCC[N+](C)(C)C)C(O)CCCCCCCCCCCCCCCCCCCCCCCCCC. The second-order valence-electron chi connectivity index (χ2n) is 20.3. The molecule has 0 rings (SSSR count). The first-order chi connectivity index (χ1) is 31.5. The standard InChI is InChI=1S/C56H109N2O6P/c1-6-8-10-12-14-16-18-20-22-24-26-27-28-29-30-32-33-35-37-39-41-43-45-47-49-55(59)54(53-64-65(61,62)63-52-51-58(3,4)5)57-56(60)50-48-46-44-42-40-38-36-34-31-25-23-21-19-17-15-13-11-9-7-2/h15,17,21,23,31,34,54-55,59H,6-14,16,18-20,22,24-30,32-33,35-53H2,1-5H3,(H-,57,60,61,62)/b17-15-,23-21-,34-31-. The zero-order valence-corrected chi connectivity index (χ0v) is 44.6. The number of hydrogen-bond donors (Lipinski definition) is 2. The molecule has 65 heavy (non-hydrogen) atoms. The summed E-state index contributed by atoms with van der Waals surface area (Å²) in [7, 11) is 1.30. The van der Waals surface area contributed by atoms with Crippen LogP contribution in [0.3, 0.4) is 0 Å². The average Bonchev–Trinajstić information content (AvgIpc) is 3.26. The number of allylic oxidation sites excluding steroid dienone is 6. The molecule has 384 valence electrons. The predicted molar refractivity (Wildman–Crippen MR) is 279 cm³/mol. The summed E-state index contributed by atoms with van der Waals surface area (Å²) in [4.78, 5) is 25.5. The molecule has 0 aliphatic rings. The van der Waals surface area contributed by atoms with Crippen molar-refractivity contribution in [2.45, 2.75) is 276 Å². The van der Waals surface area contributed by atoms with Crippen LogP contribution in [-0.4, -0.2) is 68.5 Å². The van der Waals surface area contributed by atoms with Crippen molar-refractivity contribution >= 4 is 13.7 Å². The number of rotatable bonds is 51. The summed E-state index contributed by atoms with van der Waals surface area (Å²) in [5, 5.41) is 14.0. The Bertz CT molecular complexity index is 1150. The number of aliphatic hydroxyl groups excluding tert-OH is 1. The Hall–Kier alpha value is -1.28. The van der Waals surface area contributed by atoms with Crippen LogP contribution in [0.2, 0.25) is 0 Å². The lowest BCUT2D eigenvalue weighted by Gasteiger charge is -2.30. The Kier molecular flexibility index (Phi) is 46.8. The van der Waals surface area contributed by atoms with Gasteiger partial charge in [-0.1, -0.05) is 243 Å². The second-order valence-corrected chi connectivity index (χ2v) is 21.7. The highest BCUT2D eigenvalue weighted by atomic mass is 31.2.